The summed E-state index contributed by atoms with van der Waals surface area (Å²) in [5, 5.41) is 3.11. The van der Waals surface area contributed by atoms with E-state index in [-0.39, 0.29) is 11.4 Å². The van der Waals surface area contributed by atoms with Crippen LogP contribution in [0.1, 0.15) is 15.9 Å². The summed E-state index contributed by atoms with van der Waals surface area (Å²) in [6.45, 7) is 3.35. The molecule has 1 aliphatic rings. The van der Waals surface area contributed by atoms with Gasteiger partial charge >= 0.3 is 0 Å². The SMILES string of the molecule is Cc1c(C(N)=O)cccc1-c1cn(C)c(=O)c(Nc2ccc(N3CC[S+]([O-])CC3)cc2)n1. The van der Waals surface area contributed by atoms with Gasteiger partial charge in [-0.05, 0) is 42.8 Å². The second-order valence-corrected chi connectivity index (χ2v) is 9.44. The molecule has 4 rings (SSSR count). The van der Waals surface area contributed by atoms with E-state index in [9.17, 15) is 14.1 Å². The van der Waals surface area contributed by atoms with E-state index in [0.29, 0.717) is 28.3 Å². The van der Waals surface area contributed by atoms with E-state index < -0.39 is 17.1 Å². The highest BCUT2D eigenvalue weighted by Gasteiger charge is 2.19. The van der Waals surface area contributed by atoms with Gasteiger partial charge in [0.05, 0.1) is 18.8 Å². The maximum Gasteiger partial charge on any atom is 0.293 e. The number of benzene rings is 2. The van der Waals surface area contributed by atoms with Gasteiger partial charge in [0, 0.05) is 35.7 Å². The fraction of sp³-hybridized carbons (Fsp3) is 0.261. The maximum atomic E-state index is 12.7. The van der Waals surface area contributed by atoms with Crippen molar-refractivity contribution in [1.82, 2.24) is 9.55 Å². The number of carbonyl (C=O) groups is 1. The molecule has 1 aliphatic heterocycles. The Morgan fingerprint density at radius 1 is 1.16 bits per heavy atom. The van der Waals surface area contributed by atoms with E-state index in [2.05, 4.69) is 15.2 Å². The number of rotatable bonds is 5. The van der Waals surface area contributed by atoms with Crippen molar-refractivity contribution in [2.24, 2.45) is 12.8 Å². The van der Waals surface area contributed by atoms with Crippen molar-refractivity contribution in [3.63, 3.8) is 0 Å². The molecule has 9 heteroatoms. The van der Waals surface area contributed by atoms with Crippen molar-refractivity contribution in [1.29, 1.82) is 0 Å². The molecule has 1 saturated heterocycles. The molecule has 0 unspecified atom stereocenters. The lowest BCUT2D eigenvalue weighted by atomic mass is 10.00. The number of nitrogens with one attached hydrogen (secondary N) is 1. The van der Waals surface area contributed by atoms with Crippen LogP contribution in [0, 0.1) is 6.92 Å². The molecule has 0 radical (unpaired) electrons. The molecule has 166 valence electrons. The summed E-state index contributed by atoms with van der Waals surface area (Å²) < 4.78 is 13.0. The molecule has 0 aliphatic carbocycles. The van der Waals surface area contributed by atoms with E-state index in [4.69, 9.17) is 5.73 Å². The molecule has 8 nitrogen and oxygen atoms in total. The molecule has 2 aromatic carbocycles. The van der Waals surface area contributed by atoms with E-state index in [1.165, 1.54) is 4.57 Å². The number of amides is 1. The van der Waals surface area contributed by atoms with Crippen LogP contribution >= 0.6 is 0 Å². The lowest BCUT2D eigenvalue weighted by Gasteiger charge is -2.30. The predicted molar refractivity (Wildman–Crippen MR) is 128 cm³/mol. The Morgan fingerprint density at radius 2 is 1.84 bits per heavy atom. The third-order valence-electron chi connectivity index (χ3n) is 5.62. The highest BCUT2D eigenvalue weighted by molar-refractivity contribution is 7.91. The third kappa shape index (κ3) is 4.49. The molecule has 1 amide bonds. The van der Waals surface area contributed by atoms with Gasteiger partial charge in [-0.3, -0.25) is 9.59 Å². The molecule has 0 atom stereocenters. The molecule has 0 spiro atoms. The van der Waals surface area contributed by atoms with Crippen LogP contribution in [-0.4, -0.2) is 44.6 Å². The fourth-order valence-electron chi connectivity index (χ4n) is 3.79. The van der Waals surface area contributed by atoms with Crippen LogP contribution in [0.5, 0.6) is 0 Å². The first-order chi connectivity index (χ1) is 15.3. The molecular formula is C23H25N5O3S. The minimum absolute atomic E-state index is 0.190. The first-order valence-electron chi connectivity index (χ1n) is 10.3. The molecule has 0 bridgehead atoms. The zero-order valence-electron chi connectivity index (χ0n) is 18.0. The molecular weight excluding hydrogens is 426 g/mol. The zero-order valence-corrected chi connectivity index (χ0v) is 18.8. The summed E-state index contributed by atoms with van der Waals surface area (Å²) in [6.07, 6.45) is 1.64. The zero-order chi connectivity index (χ0) is 22.8. The van der Waals surface area contributed by atoms with Crippen molar-refractivity contribution in [3.05, 3.63) is 70.1 Å². The summed E-state index contributed by atoms with van der Waals surface area (Å²) in [4.78, 5) is 31.1. The highest BCUT2D eigenvalue weighted by Crippen LogP contribution is 2.26. The lowest BCUT2D eigenvalue weighted by molar-refractivity contribution is 0.0999. The van der Waals surface area contributed by atoms with Crippen molar-refractivity contribution >= 4 is 34.3 Å². The number of aryl methyl sites for hydroxylation is 1. The summed E-state index contributed by atoms with van der Waals surface area (Å²) >= 11 is -0.720. The van der Waals surface area contributed by atoms with E-state index >= 15 is 0 Å². The number of hydrogen-bond acceptors (Lipinski definition) is 6. The Bertz CT molecular complexity index is 1200. The van der Waals surface area contributed by atoms with E-state index in [1.54, 1.807) is 25.4 Å². The molecule has 3 aromatic rings. The number of anilines is 3. The summed E-state index contributed by atoms with van der Waals surface area (Å²) in [5.41, 5.74) is 9.43. The number of hydrogen-bond donors (Lipinski definition) is 2. The van der Waals surface area contributed by atoms with Crippen molar-refractivity contribution in [2.45, 2.75) is 6.92 Å². The molecule has 2 heterocycles. The standard InChI is InChI=1S/C23H25N5O3S/c1-15-18(4-3-5-19(15)21(24)29)20-14-27(2)23(30)22(26-20)25-16-6-8-17(9-7-16)28-10-12-32(31)13-11-28/h3-9,14H,10-13H2,1-2H3,(H2,24,29)(H,25,26). The molecule has 0 saturated carbocycles. The Kier molecular flexibility index (Phi) is 6.20. The minimum atomic E-state index is -0.720. The highest BCUT2D eigenvalue weighted by atomic mass is 32.2. The van der Waals surface area contributed by atoms with Crippen molar-refractivity contribution in [3.8, 4) is 11.3 Å². The van der Waals surface area contributed by atoms with Gasteiger partial charge < -0.3 is 25.1 Å². The fourth-order valence-corrected chi connectivity index (χ4v) is 4.84. The van der Waals surface area contributed by atoms with E-state index in [0.717, 1.165) is 30.0 Å². The second-order valence-electron chi connectivity index (χ2n) is 7.74. The Balaban J connectivity index is 1.61. The Hall–Kier alpha value is -3.30. The number of nitrogens with zero attached hydrogens (tertiary/aromatic N) is 3. The topological polar surface area (TPSA) is 116 Å². The van der Waals surface area contributed by atoms with Crippen molar-refractivity contribution in [2.75, 3.05) is 34.8 Å². The first-order valence-corrected chi connectivity index (χ1v) is 11.8. The van der Waals surface area contributed by atoms with Gasteiger partial charge in [0.2, 0.25) is 5.91 Å². The average Bonchev–Trinajstić information content (AvgIpc) is 2.78. The molecule has 3 N–H and O–H groups in total. The van der Waals surface area contributed by atoms with Crippen LogP contribution in [-0.2, 0) is 18.2 Å². The predicted octanol–water partition coefficient (Wildman–Crippen LogP) is 2.17. The summed E-state index contributed by atoms with van der Waals surface area (Å²) in [7, 11) is 1.66. The van der Waals surface area contributed by atoms with Gasteiger partial charge in [-0.15, -0.1) is 0 Å². The van der Waals surface area contributed by atoms with Crippen LogP contribution in [0.15, 0.2) is 53.5 Å². The van der Waals surface area contributed by atoms with Crippen LogP contribution < -0.4 is 21.5 Å². The lowest BCUT2D eigenvalue weighted by Crippen LogP contribution is -2.40. The van der Waals surface area contributed by atoms with Gasteiger partial charge in [-0.2, -0.15) is 0 Å². The van der Waals surface area contributed by atoms with Crippen molar-refractivity contribution < 1.29 is 9.35 Å². The number of primary amides is 1. The third-order valence-corrected chi connectivity index (χ3v) is 6.90. The number of aromatic nitrogens is 2. The van der Waals surface area contributed by atoms with Crippen LogP contribution in [0.2, 0.25) is 0 Å². The number of nitrogens with two attached hydrogens (primary N) is 1. The maximum absolute atomic E-state index is 12.7. The summed E-state index contributed by atoms with van der Waals surface area (Å²) in [5.74, 6) is 1.05. The van der Waals surface area contributed by atoms with Gasteiger partial charge in [0.15, 0.2) is 5.82 Å². The largest absolute Gasteiger partial charge is 0.616 e. The van der Waals surface area contributed by atoms with Gasteiger partial charge in [-0.25, -0.2) is 4.98 Å². The minimum Gasteiger partial charge on any atom is -0.616 e. The van der Waals surface area contributed by atoms with Gasteiger partial charge in [0.1, 0.15) is 11.5 Å². The second kappa shape index (κ2) is 9.05. The Morgan fingerprint density at radius 3 is 2.50 bits per heavy atom. The summed E-state index contributed by atoms with van der Waals surface area (Å²) in [6, 6.07) is 13.0. The normalized spacial score (nSPS) is 14.4. The van der Waals surface area contributed by atoms with Crippen LogP contribution in [0.25, 0.3) is 11.3 Å². The Labute approximate surface area is 189 Å². The molecule has 32 heavy (non-hydrogen) atoms. The molecule has 1 fully saturated rings. The number of carbonyl (C=O) groups excluding carboxylic acids is 1. The molecule has 1 aromatic heterocycles. The van der Waals surface area contributed by atoms with Gasteiger partial charge in [-0.1, -0.05) is 23.3 Å². The monoisotopic (exact) mass is 451 g/mol. The van der Waals surface area contributed by atoms with Gasteiger partial charge in [0.25, 0.3) is 5.56 Å². The first kappa shape index (κ1) is 21.9. The smallest absolute Gasteiger partial charge is 0.293 e. The quantitative estimate of drug-likeness (QED) is 0.574. The van der Waals surface area contributed by atoms with E-state index in [1.807, 2.05) is 37.3 Å². The average molecular weight is 452 g/mol. The van der Waals surface area contributed by atoms with Crippen LogP contribution in [0.4, 0.5) is 17.2 Å². The van der Waals surface area contributed by atoms with Crippen LogP contribution in [0.3, 0.4) is 0 Å².